The third-order valence-corrected chi connectivity index (χ3v) is 10.8. The minimum Gasteiger partial charge on any atom is -0.399 e. The van der Waals surface area contributed by atoms with Gasteiger partial charge in [0.15, 0.2) is 0 Å². The van der Waals surface area contributed by atoms with E-state index in [9.17, 15) is 4.79 Å². The van der Waals surface area contributed by atoms with Crippen molar-refractivity contribution < 1.29 is 9.63 Å². The lowest BCUT2D eigenvalue weighted by molar-refractivity contribution is -0.147. The first kappa shape index (κ1) is 19.8. The number of hydrogen-bond donors (Lipinski definition) is 0. The molecule has 0 aromatic carbocycles. The molecule has 0 aromatic heterocycles. The molecule has 0 aromatic rings. The zero-order valence-electron chi connectivity index (χ0n) is 18.9. The minimum atomic E-state index is -0.0111. The number of fused-ring (bicyclic) bond motifs is 7. The molecule has 0 unspecified atom stereocenters. The van der Waals surface area contributed by atoms with Crippen LogP contribution in [0.15, 0.2) is 16.8 Å². The molecule has 0 amide bonds. The van der Waals surface area contributed by atoms with Crippen LogP contribution >= 0.6 is 0 Å². The molecule has 3 heteroatoms. The molecular formula is C26H39NO2. The van der Waals surface area contributed by atoms with E-state index >= 15 is 0 Å². The van der Waals surface area contributed by atoms with E-state index in [1.54, 1.807) is 12.7 Å². The predicted molar refractivity (Wildman–Crippen MR) is 117 cm³/mol. The molecule has 29 heavy (non-hydrogen) atoms. The van der Waals surface area contributed by atoms with Crippen LogP contribution in [0.25, 0.3) is 0 Å². The highest BCUT2D eigenvalue weighted by atomic mass is 16.6. The Bertz CT molecular complexity index is 769. The van der Waals surface area contributed by atoms with Gasteiger partial charge in [0.25, 0.3) is 0 Å². The van der Waals surface area contributed by atoms with Gasteiger partial charge in [-0.15, -0.1) is 0 Å². The Morgan fingerprint density at radius 1 is 1.07 bits per heavy atom. The van der Waals surface area contributed by atoms with Crippen LogP contribution in [0.1, 0.15) is 91.4 Å². The summed E-state index contributed by atoms with van der Waals surface area (Å²) in [7, 11) is 1.66. The van der Waals surface area contributed by atoms with Crippen LogP contribution in [-0.2, 0) is 9.63 Å². The van der Waals surface area contributed by atoms with Gasteiger partial charge in [0, 0.05) is 5.41 Å². The maximum Gasteiger partial charge on any atom is 0.136 e. The van der Waals surface area contributed by atoms with Crippen LogP contribution in [0.4, 0.5) is 0 Å². The summed E-state index contributed by atoms with van der Waals surface area (Å²) in [6, 6.07) is 0. The summed E-state index contributed by atoms with van der Waals surface area (Å²) in [5, 5.41) is 4.25. The molecule has 4 fully saturated rings. The lowest BCUT2D eigenvalue weighted by atomic mass is 9.44. The Kier molecular flexibility index (Phi) is 4.57. The SMILES string of the molecule is CO/N=C1/C=C2CC[C@@H]3[C@H](CC[C@@]4(C)[C@H]3C[C@H]3CCCC[C@]34C(C)=O)[C@@]2(C)CC1. The first-order chi connectivity index (χ1) is 13.9. The smallest absolute Gasteiger partial charge is 0.136 e. The van der Waals surface area contributed by atoms with Crippen molar-refractivity contribution in [3.63, 3.8) is 0 Å². The number of hydrogen-bond acceptors (Lipinski definition) is 3. The van der Waals surface area contributed by atoms with E-state index in [4.69, 9.17) is 4.84 Å². The standard InChI is InChI=1S/C26H39NO2/c1-17(28)26-12-6-5-7-19(26)16-23-21-9-8-18-15-20(27-29-4)10-13-24(18,2)22(21)11-14-25(23,26)3/h15,19,21-23H,5-14,16H2,1-4H3/b27-20+/t19-,21-,22+,23+,24+,25+,26+/m1/s1. The summed E-state index contributed by atoms with van der Waals surface area (Å²) in [4.78, 5) is 18.2. The molecule has 5 rings (SSSR count). The average molecular weight is 398 g/mol. The van der Waals surface area contributed by atoms with Crippen LogP contribution in [0.5, 0.6) is 0 Å². The van der Waals surface area contributed by atoms with Crippen molar-refractivity contribution in [3.05, 3.63) is 11.6 Å². The molecule has 0 radical (unpaired) electrons. The van der Waals surface area contributed by atoms with Gasteiger partial charge >= 0.3 is 0 Å². The highest BCUT2D eigenvalue weighted by molar-refractivity contribution is 5.96. The Balaban J connectivity index is 1.50. The van der Waals surface area contributed by atoms with E-state index in [2.05, 4.69) is 25.1 Å². The minimum absolute atomic E-state index is 0.0111. The van der Waals surface area contributed by atoms with Gasteiger partial charge in [-0.1, -0.05) is 37.4 Å². The van der Waals surface area contributed by atoms with Gasteiger partial charge in [0.2, 0.25) is 0 Å². The summed E-state index contributed by atoms with van der Waals surface area (Å²) in [6.07, 6.45) is 16.1. The molecule has 7 atom stereocenters. The van der Waals surface area contributed by atoms with E-state index in [-0.39, 0.29) is 10.8 Å². The second-order valence-corrected chi connectivity index (χ2v) is 11.4. The molecule has 3 nitrogen and oxygen atoms in total. The number of oxime groups is 1. The van der Waals surface area contributed by atoms with Gasteiger partial charge in [0.1, 0.15) is 12.9 Å². The maximum absolute atomic E-state index is 13.2. The number of allylic oxidation sites excluding steroid dienone is 2. The average Bonchev–Trinajstić information content (AvgIpc) is 2.98. The summed E-state index contributed by atoms with van der Waals surface area (Å²) in [5.74, 6) is 3.51. The normalized spacial score (nSPS) is 50.1. The topological polar surface area (TPSA) is 38.7 Å². The van der Waals surface area contributed by atoms with E-state index < -0.39 is 0 Å². The Hall–Kier alpha value is -1.12. The van der Waals surface area contributed by atoms with E-state index in [0.29, 0.717) is 17.1 Å². The van der Waals surface area contributed by atoms with E-state index in [0.717, 1.165) is 36.3 Å². The second kappa shape index (κ2) is 6.69. The Morgan fingerprint density at radius 2 is 1.90 bits per heavy atom. The van der Waals surface area contributed by atoms with Gasteiger partial charge < -0.3 is 4.84 Å². The lowest BCUT2D eigenvalue weighted by Gasteiger charge is -2.60. The number of Topliss-reactive ketones (excluding diaryl/α,β-unsaturated/α-hetero) is 1. The summed E-state index contributed by atoms with van der Waals surface area (Å²) < 4.78 is 0. The van der Waals surface area contributed by atoms with Crippen molar-refractivity contribution in [1.29, 1.82) is 0 Å². The van der Waals surface area contributed by atoms with Gasteiger partial charge in [0.05, 0.1) is 5.71 Å². The summed E-state index contributed by atoms with van der Waals surface area (Å²) in [6.45, 7) is 7.02. The quantitative estimate of drug-likeness (QED) is 0.511. The molecule has 5 aliphatic rings. The highest BCUT2D eigenvalue weighted by Gasteiger charge is 2.69. The number of carbonyl (C=O) groups is 1. The molecule has 160 valence electrons. The van der Waals surface area contributed by atoms with Crippen LogP contribution in [-0.4, -0.2) is 18.6 Å². The molecule has 0 bridgehead atoms. The molecule has 4 saturated carbocycles. The zero-order chi connectivity index (χ0) is 20.4. The molecule has 0 heterocycles. The highest BCUT2D eigenvalue weighted by Crippen LogP contribution is 2.74. The van der Waals surface area contributed by atoms with Crippen LogP contribution in [0, 0.1) is 39.9 Å². The second-order valence-electron chi connectivity index (χ2n) is 11.4. The largest absolute Gasteiger partial charge is 0.399 e. The van der Waals surface area contributed by atoms with E-state index in [1.807, 2.05) is 6.92 Å². The Morgan fingerprint density at radius 3 is 2.66 bits per heavy atom. The third-order valence-electron chi connectivity index (χ3n) is 10.8. The van der Waals surface area contributed by atoms with Gasteiger partial charge in [-0.25, -0.2) is 0 Å². The van der Waals surface area contributed by atoms with Crippen molar-refractivity contribution in [3.8, 4) is 0 Å². The van der Waals surface area contributed by atoms with Gasteiger partial charge in [-0.2, -0.15) is 0 Å². The predicted octanol–water partition coefficient (Wildman–Crippen LogP) is 6.33. The Labute approximate surface area is 176 Å². The van der Waals surface area contributed by atoms with Gasteiger partial charge in [-0.05, 0) is 105 Å². The number of ketones is 1. The van der Waals surface area contributed by atoms with Crippen molar-refractivity contribution in [2.45, 2.75) is 91.4 Å². The fourth-order valence-electron chi connectivity index (χ4n) is 9.56. The molecule has 5 aliphatic carbocycles. The van der Waals surface area contributed by atoms with Crippen molar-refractivity contribution in [2.24, 2.45) is 45.1 Å². The van der Waals surface area contributed by atoms with Crippen molar-refractivity contribution in [2.75, 3.05) is 7.11 Å². The molecule has 0 saturated heterocycles. The zero-order valence-corrected chi connectivity index (χ0v) is 18.9. The van der Waals surface area contributed by atoms with Crippen LogP contribution < -0.4 is 0 Å². The fraction of sp³-hybridized carbons (Fsp3) is 0.846. The fourth-order valence-corrected chi connectivity index (χ4v) is 9.56. The molecular weight excluding hydrogens is 358 g/mol. The monoisotopic (exact) mass is 397 g/mol. The lowest BCUT2D eigenvalue weighted by Crippen LogP contribution is -2.55. The summed E-state index contributed by atoms with van der Waals surface area (Å²) in [5.41, 5.74) is 3.30. The maximum atomic E-state index is 13.2. The third kappa shape index (κ3) is 2.48. The summed E-state index contributed by atoms with van der Waals surface area (Å²) >= 11 is 0. The molecule has 0 spiro atoms. The van der Waals surface area contributed by atoms with Crippen LogP contribution in [0.3, 0.4) is 0 Å². The number of rotatable bonds is 2. The van der Waals surface area contributed by atoms with Crippen molar-refractivity contribution >= 4 is 11.5 Å². The number of nitrogens with zero attached hydrogens (tertiary/aromatic N) is 1. The molecule has 0 aliphatic heterocycles. The number of carbonyl (C=O) groups excluding carboxylic acids is 1. The molecule has 0 N–H and O–H groups in total. The van der Waals surface area contributed by atoms with Crippen LogP contribution in [0.2, 0.25) is 0 Å². The first-order valence-electron chi connectivity index (χ1n) is 12.2. The first-order valence-corrected chi connectivity index (χ1v) is 12.2. The van der Waals surface area contributed by atoms with Gasteiger partial charge in [-0.3, -0.25) is 4.79 Å². The van der Waals surface area contributed by atoms with E-state index in [1.165, 1.54) is 57.8 Å². The van der Waals surface area contributed by atoms with Crippen molar-refractivity contribution in [1.82, 2.24) is 0 Å².